The zero-order chi connectivity index (χ0) is 49.7. The van der Waals surface area contributed by atoms with Crippen molar-refractivity contribution < 1.29 is 9.59 Å². The van der Waals surface area contributed by atoms with Crippen molar-refractivity contribution in [2.75, 3.05) is 52.5 Å². The van der Waals surface area contributed by atoms with Crippen molar-refractivity contribution in [2.24, 2.45) is 56.9 Å². The van der Waals surface area contributed by atoms with Gasteiger partial charge in [0.25, 0.3) is 11.1 Å². The van der Waals surface area contributed by atoms with E-state index < -0.39 is 17.2 Å². The molecular formula is C45H46ClN19O6. The van der Waals surface area contributed by atoms with Gasteiger partial charge in [-0.15, -0.1) is 11.6 Å². The van der Waals surface area contributed by atoms with Crippen LogP contribution in [-0.4, -0.2) is 118 Å². The van der Waals surface area contributed by atoms with E-state index >= 15 is 0 Å². The highest BCUT2D eigenvalue weighted by Gasteiger charge is 2.46. The fourth-order valence-electron chi connectivity index (χ4n) is 8.96. The lowest BCUT2D eigenvalue weighted by Gasteiger charge is -2.17. The standard InChI is InChI=1S/C22H22N10O3.C15H15ClN6O.C8H9N3O2/c1-29-19-17(20(34)30(2)22(29)35)32(11-26-19)10-16(33)27-15-3-4-23-18(28-15)14-6-24-21(25-7-14)31-8-12-5-13(12)9-31;16-4-13(23)20-12-1-2-17-14(21-12)11-5-18-15(19-6-11)22-7-9-3-10(9)8-22;1-10-6-5(3-4-9-6)7(12)11(2)8(10)13/h3-4,6-7,11-13H,5,8-10H2,1-2H3,(H,23,27,28,33);1-2,5-6,9-10H,3-4,7-8H2,(H,17,20,21,23);4H,3H2,1-2H3. The second kappa shape index (κ2) is 18.9. The van der Waals surface area contributed by atoms with Crippen LogP contribution in [0.1, 0.15) is 18.4 Å². The van der Waals surface area contributed by atoms with Gasteiger partial charge in [-0.3, -0.25) is 37.4 Å². The second-order valence-electron chi connectivity index (χ2n) is 17.9. The maximum Gasteiger partial charge on any atom is 0.332 e. The Balaban J connectivity index is 0.000000138. The third kappa shape index (κ3) is 9.41. The van der Waals surface area contributed by atoms with Crippen molar-refractivity contribution >= 4 is 70.1 Å². The third-order valence-corrected chi connectivity index (χ3v) is 13.3. The number of nitrogens with zero attached hydrogens (tertiary/aromatic N) is 17. The molecule has 2 saturated carbocycles. The molecule has 0 bridgehead atoms. The monoisotopic (exact) mass is 983 g/mol. The van der Waals surface area contributed by atoms with Gasteiger partial charge >= 0.3 is 11.4 Å². The van der Waals surface area contributed by atoms with Gasteiger partial charge in [0.1, 0.15) is 29.9 Å². The van der Waals surface area contributed by atoms with Crippen LogP contribution in [0.4, 0.5) is 29.4 Å². The Labute approximate surface area is 407 Å². The highest BCUT2D eigenvalue weighted by molar-refractivity contribution is 6.29. The first kappa shape index (κ1) is 46.4. The van der Waals surface area contributed by atoms with Gasteiger partial charge in [0, 0.05) is 104 Å². The van der Waals surface area contributed by atoms with E-state index in [1.165, 1.54) is 60.2 Å². The van der Waals surface area contributed by atoms with Crippen molar-refractivity contribution in [3.63, 3.8) is 0 Å². The first-order valence-electron chi connectivity index (χ1n) is 22.6. The fraction of sp³-hybridized carbons (Fsp3) is 0.378. The molecule has 2 aliphatic carbocycles. The lowest BCUT2D eigenvalue weighted by molar-refractivity contribution is -0.116. The molecule has 2 amide bonds. The normalized spacial score (nSPS) is 18.7. The highest BCUT2D eigenvalue weighted by Crippen LogP contribution is 2.46. The Morgan fingerprint density at radius 3 is 1.65 bits per heavy atom. The first-order valence-corrected chi connectivity index (χ1v) is 23.2. The van der Waals surface area contributed by atoms with E-state index in [1.807, 2.05) is 0 Å². The second-order valence-corrected chi connectivity index (χ2v) is 18.2. The summed E-state index contributed by atoms with van der Waals surface area (Å²) in [6.45, 7) is 3.95. The number of hydrogen-bond donors (Lipinski definition) is 2. The number of carbonyl (C=O) groups excluding carboxylic acids is 2. The van der Waals surface area contributed by atoms with E-state index in [9.17, 15) is 28.8 Å². The van der Waals surface area contributed by atoms with Crippen LogP contribution in [0.5, 0.6) is 0 Å². The number of piperidine rings is 2. The molecule has 2 N–H and O–H groups in total. The molecule has 0 spiro atoms. The Morgan fingerprint density at radius 2 is 1.13 bits per heavy atom. The molecule has 5 aliphatic rings. The topological polar surface area (TPSA) is 286 Å². The quantitative estimate of drug-likeness (QED) is 0.188. The van der Waals surface area contributed by atoms with E-state index in [0.717, 1.165) is 64.9 Å². The molecule has 0 aromatic carbocycles. The van der Waals surface area contributed by atoms with Gasteiger partial charge in [-0.25, -0.2) is 59.4 Å². The number of aromatic nitrogens is 14. The number of aryl methyl sites for hydroxylation is 1. The maximum absolute atomic E-state index is 12.7. The molecule has 4 fully saturated rings. The zero-order valence-corrected chi connectivity index (χ0v) is 39.6. The number of fused-ring (bicyclic) bond motifs is 4. The van der Waals surface area contributed by atoms with Crippen molar-refractivity contribution in [3.8, 4) is 22.8 Å². The molecule has 364 valence electrons. The summed E-state index contributed by atoms with van der Waals surface area (Å²) in [4.78, 5) is 119. The number of hydrogen-bond acceptors (Lipinski definition) is 18. The molecule has 26 heteroatoms. The molecule has 25 nitrogen and oxygen atoms in total. The molecule has 0 radical (unpaired) electrons. The molecule has 71 heavy (non-hydrogen) atoms. The highest BCUT2D eigenvalue weighted by atomic mass is 35.5. The van der Waals surface area contributed by atoms with Crippen molar-refractivity contribution in [1.29, 1.82) is 0 Å². The van der Waals surface area contributed by atoms with Gasteiger partial charge in [-0.2, -0.15) is 0 Å². The number of anilines is 4. The van der Waals surface area contributed by atoms with Gasteiger partial charge in [-0.05, 0) is 48.6 Å². The zero-order valence-electron chi connectivity index (χ0n) is 38.9. The summed E-state index contributed by atoms with van der Waals surface area (Å²) in [6.07, 6.45) is 16.1. The van der Waals surface area contributed by atoms with Crippen LogP contribution < -0.4 is 42.9 Å². The number of carbonyl (C=O) groups is 2. The molecule has 3 aliphatic heterocycles. The maximum atomic E-state index is 12.7. The first-order chi connectivity index (χ1) is 34.2. The lowest BCUT2D eigenvalue weighted by atomic mass is 10.2. The summed E-state index contributed by atoms with van der Waals surface area (Å²) in [5.41, 5.74) is 0.750. The molecule has 12 rings (SSSR count). The molecule has 10 heterocycles. The number of imidazole rings is 1. The van der Waals surface area contributed by atoms with Gasteiger partial charge in [0.15, 0.2) is 22.8 Å². The van der Waals surface area contributed by atoms with Crippen LogP contribution in [-0.2, 0) is 50.7 Å². The van der Waals surface area contributed by atoms with Crippen molar-refractivity contribution in [3.05, 3.63) is 103 Å². The summed E-state index contributed by atoms with van der Waals surface area (Å²) in [5, 5.41) is 5.31. The van der Waals surface area contributed by atoms with Crippen LogP contribution in [0.15, 0.2) is 79.8 Å². The average Bonchev–Trinajstić information content (AvgIpc) is 3.91. The Morgan fingerprint density at radius 1 is 0.634 bits per heavy atom. The Bertz CT molecular complexity index is 3490. The van der Waals surface area contributed by atoms with Crippen LogP contribution in [0.25, 0.3) is 33.9 Å². The minimum absolute atomic E-state index is 0.116. The van der Waals surface area contributed by atoms with E-state index in [1.54, 1.807) is 56.4 Å². The molecule has 2 saturated heterocycles. The Kier molecular flexibility index (Phi) is 12.3. The molecule has 4 unspecified atom stereocenters. The van der Waals surface area contributed by atoms with Gasteiger partial charge in [0.2, 0.25) is 23.7 Å². The summed E-state index contributed by atoms with van der Waals surface area (Å²) in [7, 11) is 5.99. The number of alkyl halides is 1. The third-order valence-electron chi connectivity index (χ3n) is 13.0. The summed E-state index contributed by atoms with van der Waals surface area (Å²) < 4.78 is 6.15. The largest absolute Gasteiger partial charge is 0.340 e. The average molecular weight is 984 g/mol. The Hall–Kier alpha value is -8.35. The van der Waals surface area contributed by atoms with Gasteiger partial charge < -0.3 is 25.0 Å². The SMILES string of the molecule is Cn1c(=O)c2c(ncn2CC(=O)Nc2ccnc(-c3cnc(N4CC5CC5C4)nc3)n2)n(C)c1=O.Cn1c2c(c(=O)n(C)c1=O)CC=N2.O=C(CCl)Nc1ccnc(-c2cnc(N3CC4CC4C3)nc2)n1. The molecule has 7 aromatic heterocycles. The summed E-state index contributed by atoms with van der Waals surface area (Å²) in [5.74, 6) is 5.93. The van der Waals surface area contributed by atoms with Crippen LogP contribution in [0, 0.1) is 23.7 Å². The van der Waals surface area contributed by atoms with Crippen LogP contribution >= 0.6 is 11.6 Å². The minimum Gasteiger partial charge on any atom is -0.340 e. The van der Waals surface area contributed by atoms with Crippen molar-refractivity contribution in [1.82, 2.24) is 67.7 Å². The fourth-order valence-corrected chi connectivity index (χ4v) is 9.02. The number of nitrogens with one attached hydrogen (secondary N) is 2. The number of halogens is 1. The molecular weight excluding hydrogens is 938 g/mol. The van der Waals surface area contributed by atoms with E-state index in [0.29, 0.717) is 58.2 Å². The number of amides is 2. The molecule has 4 atom stereocenters. The number of aliphatic imine (C=N–C) groups is 1. The van der Waals surface area contributed by atoms with Gasteiger partial charge in [0.05, 0.1) is 23.0 Å². The molecule has 7 aromatic rings. The summed E-state index contributed by atoms with van der Waals surface area (Å²) >= 11 is 5.47. The summed E-state index contributed by atoms with van der Waals surface area (Å²) in [6, 6.07) is 3.18. The van der Waals surface area contributed by atoms with E-state index in [-0.39, 0.29) is 40.7 Å². The van der Waals surface area contributed by atoms with Crippen LogP contribution in [0.2, 0.25) is 0 Å². The van der Waals surface area contributed by atoms with Crippen molar-refractivity contribution in [2.45, 2.75) is 25.8 Å². The lowest BCUT2D eigenvalue weighted by Crippen LogP contribution is -2.38. The van der Waals surface area contributed by atoms with Gasteiger partial charge in [-0.1, -0.05) is 0 Å². The van der Waals surface area contributed by atoms with E-state index in [2.05, 4.69) is 70.3 Å². The minimum atomic E-state index is -0.521. The van der Waals surface area contributed by atoms with E-state index in [4.69, 9.17) is 11.6 Å². The van der Waals surface area contributed by atoms with Crippen LogP contribution in [0.3, 0.4) is 0 Å². The predicted molar refractivity (Wildman–Crippen MR) is 261 cm³/mol. The smallest absolute Gasteiger partial charge is 0.332 e. The number of rotatable bonds is 9. The predicted octanol–water partition coefficient (Wildman–Crippen LogP) is 0.685.